The lowest BCUT2D eigenvalue weighted by Gasteiger charge is -2.04. The second kappa shape index (κ2) is 8.61. The molecule has 0 radical (unpaired) electrons. The van der Waals surface area contributed by atoms with Crippen molar-refractivity contribution in [3.8, 4) is 22.4 Å². The molecule has 0 spiro atoms. The van der Waals surface area contributed by atoms with Crippen LogP contribution in [0.2, 0.25) is 0 Å². The smallest absolute Gasteiger partial charge is 0.230 e. The summed E-state index contributed by atoms with van der Waals surface area (Å²) in [5, 5.41) is 9.87. The van der Waals surface area contributed by atoms with Crippen molar-refractivity contribution in [3.05, 3.63) is 87.8 Å². The molecule has 6 heteroatoms. The third-order valence-electron chi connectivity index (χ3n) is 3.81. The first-order chi connectivity index (χ1) is 13.8. The fraction of sp³-hybridized carbons (Fsp3) is 0.0455. The maximum Gasteiger partial charge on any atom is 0.230 e. The van der Waals surface area contributed by atoms with E-state index in [-0.39, 0.29) is 12.3 Å². The van der Waals surface area contributed by atoms with Crippen LogP contribution in [0.3, 0.4) is 0 Å². The van der Waals surface area contributed by atoms with Gasteiger partial charge in [0.25, 0.3) is 0 Å². The summed E-state index contributed by atoms with van der Waals surface area (Å²) in [4.78, 5) is 21.1. The van der Waals surface area contributed by atoms with E-state index in [1.165, 1.54) is 0 Å². The zero-order valence-electron chi connectivity index (χ0n) is 14.8. The molecular weight excluding hydrogens is 386 g/mol. The zero-order chi connectivity index (χ0) is 19.2. The highest BCUT2D eigenvalue weighted by Gasteiger charge is 2.10. The molecule has 1 amide bonds. The molecule has 0 saturated heterocycles. The van der Waals surface area contributed by atoms with E-state index in [1.807, 2.05) is 59.3 Å². The van der Waals surface area contributed by atoms with E-state index >= 15 is 0 Å². The van der Waals surface area contributed by atoms with E-state index in [2.05, 4.69) is 32.5 Å². The van der Waals surface area contributed by atoms with Crippen LogP contribution in [-0.4, -0.2) is 15.9 Å². The maximum atomic E-state index is 12.4. The van der Waals surface area contributed by atoms with Gasteiger partial charge in [0, 0.05) is 33.8 Å². The number of thiazole rings is 1. The van der Waals surface area contributed by atoms with Crippen molar-refractivity contribution in [2.45, 2.75) is 6.42 Å². The average molecular weight is 402 g/mol. The molecular formula is C22H15N3OS2. The van der Waals surface area contributed by atoms with Crippen molar-refractivity contribution in [2.75, 3.05) is 5.32 Å². The van der Waals surface area contributed by atoms with Gasteiger partial charge < -0.3 is 5.32 Å². The Morgan fingerprint density at radius 1 is 1.07 bits per heavy atom. The van der Waals surface area contributed by atoms with Gasteiger partial charge in [0.05, 0.1) is 12.1 Å². The Morgan fingerprint density at radius 2 is 2.04 bits per heavy atom. The summed E-state index contributed by atoms with van der Waals surface area (Å²) >= 11 is 3.19. The Morgan fingerprint density at radius 3 is 2.86 bits per heavy atom. The highest BCUT2D eigenvalue weighted by molar-refractivity contribution is 7.14. The molecule has 0 fully saturated rings. The molecule has 0 saturated carbocycles. The number of hydrogen-bond acceptors (Lipinski definition) is 5. The molecule has 0 aliphatic rings. The van der Waals surface area contributed by atoms with Crippen LogP contribution in [0.25, 0.3) is 10.6 Å². The van der Waals surface area contributed by atoms with Gasteiger partial charge in [0.2, 0.25) is 5.91 Å². The number of anilines is 1. The molecule has 3 aromatic heterocycles. The minimum atomic E-state index is -0.1000. The summed E-state index contributed by atoms with van der Waals surface area (Å²) < 4.78 is 0. The number of hydrogen-bond donors (Lipinski definition) is 1. The Bertz CT molecular complexity index is 1140. The molecule has 1 N–H and O–H groups in total. The SMILES string of the molecule is O=C(Cc1csc(-c2ccsc2)n1)Nc1cccc(C#Cc2ccccn2)c1. The topological polar surface area (TPSA) is 54.9 Å². The molecule has 0 aliphatic heterocycles. The molecule has 0 unspecified atom stereocenters. The van der Waals surface area contributed by atoms with Crippen molar-refractivity contribution in [1.29, 1.82) is 0 Å². The molecule has 136 valence electrons. The number of nitrogens with one attached hydrogen (secondary N) is 1. The monoisotopic (exact) mass is 401 g/mol. The number of pyridine rings is 1. The lowest BCUT2D eigenvalue weighted by atomic mass is 10.2. The Hall–Kier alpha value is -3.27. The normalized spacial score (nSPS) is 10.1. The summed E-state index contributed by atoms with van der Waals surface area (Å²) in [5.41, 5.74) is 4.11. The number of carbonyl (C=O) groups is 1. The van der Waals surface area contributed by atoms with Gasteiger partial charge in [-0.05, 0) is 47.7 Å². The van der Waals surface area contributed by atoms with Gasteiger partial charge >= 0.3 is 0 Å². The highest BCUT2D eigenvalue weighted by atomic mass is 32.1. The zero-order valence-corrected chi connectivity index (χ0v) is 16.4. The van der Waals surface area contributed by atoms with E-state index in [4.69, 9.17) is 0 Å². The van der Waals surface area contributed by atoms with Crippen LogP contribution in [-0.2, 0) is 11.2 Å². The predicted molar refractivity (Wildman–Crippen MR) is 114 cm³/mol. The first-order valence-electron chi connectivity index (χ1n) is 8.56. The number of benzene rings is 1. The fourth-order valence-corrected chi connectivity index (χ4v) is 4.06. The van der Waals surface area contributed by atoms with Gasteiger partial charge in [0.1, 0.15) is 10.7 Å². The largest absolute Gasteiger partial charge is 0.326 e. The number of aromatic nitrogens is 2. The number of carbonyl (C=O) groups excluding carboxylic acids is 1. The van der Waals surface area contributed by atoms with E-state index in [1.54, 1.807) is 28.9 Å². The first kappa shape index (κ1) is 18.1. The summed E-state index contributed by atoms with van der Waals surface area (Å²) in [6.07, 6.45) is 1.95. The number of nitrogens with zero attached hydrogens (tertiary/aromatic N) is 2. The molecule has 0 atom stereocenters. The summed E-state index contributed by atoms with van der Waals surface area (Å²) in [5.74, 6) is 5.99. The third-order valence-corrected chi connectivity index (χ3v) is 5.43. The molecule has 0 aliphatic carbocycles. The van der Waals surface area contributed by atoms with Gasteiger partial charge in [-0.1, -0.05) is 18.1 Å². The fourth-order valence-electron chi connectivity index (χ4n) is 2.52. The molecule has 3 heterocycles. The van der Waals surface area contributed by atoms with Crippen molar-refractivity contribution in [3.63, 3.8) is 0 Å². The number of amides is 1. The molecule has 0 bridgehead atoms. The Kier molecular flexibility index (Phi) is 5.57. The lowest BCUT2D eigenvalue weighted by Crippen LogP contribution is -2.14. The maximum absolute atomic E-state index is 12.4. The van der Waals surface area contributed by atoms with E-state index < -0.39 is 0 Å². The third kappa shape index (κ3) is 4.71. The lowest BCUT2D eigenvalue weighted by molar-refractivity contribution is -0.115. The van der Waals surface area contributed by atoms with E-state index in [9.17, 15) is 4.79 Å². The minimum absolute atomic E-state index is 0.1000. The van der Waals surface area contributed by atoms with E-state index in [0.29, 0.717) is 11.4 Å². The quantitative estimate of drug-likeness (QED) is 0.498. The number of thiophene rings is 1. The van der Waals surface area contributed by atoms with Crippen LogP contribution in [0, 0.1) is 11.8 Å². The van der Waals surface area contributed by atoms with Crippen molar-refractivity contribution in [2.24, 2.45) is 0 Å². The molecule has 28 heavy (non-hydrogen) atoms. The van der Waals surface area contributed by atoms with Crippen LogP contribution >= 0.6 is 22.7 Å². The van der Waals surface area contributed by atoms with Gasteiger partial charge in [-0.25, -0.2) is 9.97 Å². The van der Waals surface area contributed by atoms with Crippen LogP contribution in [0.5, 0.6) is 0 Å². The van der Waals surface area contributed by atoms with Crippen LogP contribution < -0.4 is 5.32 Å². The molecule has 1 aromatic carbocycles. The molecule has 4 aromatic rings. The predicted octanol–water partition coefficient (Wildman–Crippen LogP) is 4.85. The molecule has 4 nitrogen and oxygen atoms in total. The second-order valence-corrected chi connectivity index (χ2v) is 7.56. The molecule has 4 rings (SSSR count). The standard InChI is InChI=1S/C22H15N3OS2/c26-21(13-20-15-28-22(25-20)17-9-11-27-14-17)24-19-6-3-4-16(12-19)7-8-18-5-1-2-10-23-18/h1-6,9-12,14-15H,13H2,(H,24,26). The highest BCUT2D eigenvalue weighted by Crippen LogP contribution is 2.25. The van der Waals surface area contributed by atoms with Gasteiger partial charge in [0.15, 0.2) is 0 Å². The Labute approximate surface area is 170 Å². The number of rotatable bonds is 4. The van der Waals surface area contributed by atoms with Crippen molar-refractivity contribution < 1.29 is 4.79 Å². The average Bonchev–Trinajstić information content (AvgIpc) is 3.39. The van der Waals surface area contributed by atoms with Gasteiger partial charge in [-0.2, -0.15) is 11.3 Å². The van der Waals surface area contributed by atoms with Gasteiger partial charge in [-0.15, -0.1) is 11.3 Å². The van der Waals surface area contributed by atoms with Crippen LogP contribution in [0.4, 0.5) is 5.69 Å². The second-order valence-electron chi connectivity index (χ2n) is 5.93. The Balaban J connectivity index is 1.40. The minimum Gasteiger partial charge on any atom is -0.326 e. The van der Waals surface area contributed by atoms with Crippen molar-refractivity contribution >= 4 is 34.3 Å². The van der Waals surface area contributed by atoms with Gasteiger partial charge in [-0.3, -0.25) is 4.79 Å². The van der Waals surface area contributed by atoms with Crippen LogP contribution in [0.1, 0.15) is 17.0 Å². The summed E-state index contributed by atoms with van der Waals surface area (Å²) in [7, 11) is 0. The van der Waals surface area contributed by atoms with Crippen LogP contribution in [0.15, 0.2) is 70.9 Å². The first-order valence-corrected chi connectivity index (χ1v) is 10.4. The van der Waals surface area contributed by atoms with E-state index in [0.717, 1.165) is 21.8 Å². The summed E-state index contributed by atoms with van der Waals surface area (Å²) in [6.45, 7) is 0. The van der Waals surface area contributed by atoms with Crippen molar-refractivity contribution in [1.82, 2.24) is 9.97 Å². The summed E-state index contributed by atoms with van der Waals surface area (Å²) in [6, 6.07) is 15.1.